The number of nitro groups is 2. The number of rotatable bonds is 13. The Morgan fingerprint density at radius 3 is 2.32 bits per heavy atom. The highest BCUT2D eigenvalue weighted by atomic mass is 16.6. The summed E-state index contributed by atoms with van der Waals surface area (Å²) >= 11 is 0. The molecule has 2 aromatic rings. The van der Waals surface area contributed by atoms with E-state index in [1.165, 1.54) is 20.1 Å². The fourth-order valence-corrected chi connectivity index (χ4v) is 3.26. The lowest BCUT2D eigenvalue weighted by Crippen LogP contribution is -2.27. The summed E-state index contributed by atoms with van der Waals surface area (Å²) in [5.41, 5.74) is 0.311. The second-order valence-corrected chi connectivity index (χ2v) is 8.06. The van der Waals surface area contributed by atoms with Gasteiger partial charge in [0.05, 0.1) is 40.8 Å². The first-order valence-corrected chi connectivity index (χ1v) is 11.4. The fourth-order valence-electron chi connectivity index (χ4n) is 3.26. The number of carbonyl (C=O) groups is 2. The molecule has 2 rings (SSSR count). The van der Waals surface area contributed by atoms with E-state index >= 15 is 0 Å². The third-order valence-corrected chi connectivity index (χ3v) is 5.03. The zero-order valence-electron chi connectivity index (χ0n) is 21.4. The standard InChI is InChI=1S/C24H28N6O8/c1-6-28(10-9-24(32)38-14-15(2)3)22-12-19(25-16(4)31)20(13-23(22)37-5)27-26-18-8-7-17(29(33)34)11-21(18)30(35)36/h7-8,11-13H,2,6,9-10,14H2,1,3-5H3,(H,25,31). The fraction of sp³-hybridized carbons (Fsp3) is 0.333. The summed E-state index contributed by atoms with van der Waals surface area (Å²) in [4.78, 5) is 46.6. The van der Waals surface area contributed by atoms with Gasteiger partial charge in [0, 0.05) is 32.1 Å². The van der Waals surface area contributed by atoms with E-state index in [0.29, 0.717) is 18.0 Å². The molecule has 1 N–H and O–H groups in total. The summed E-state index contributed by atoms with van der Waals surface area (Å²) in [5.74, 6) is -0.476. The van der Waals surface area contributed by atoms with Crippen molar-refractivity contribution < 1.29 is 28.9 Å². The van der Waals surface area contributed by atoms with Gasteiger partial charge >= 0.3 is 11.7 Å². The Morgan fingerprint density at radius 2 is 1.76 bits per heavy atom. The van der Waals surface area contributed by atoms with E-state index in [1.807, 2.05) is 11.8 Å². The van der Waals surface area contributed by atoms with Gasteiger partial charge in [0.25, 0.3) is 5.69 Å². The van der Waals surface area contributed by atoms with Gasteiger partial charge in [-0.1, -0.05) is 6.58 Å². The number of carbonyl (C=O) groups excluding carboxylic acids is 2. The maximum atomic E-state index is 12.1. The summed E-state index contributed by atoms with van der Waals surface area (Å²) in [5, 5.41) is 33.0. The highest BCUT2D eigenvalue weighted by molar-refractivity contribution is 5.94. The molecule has 0 atom stereocenters. The van der Waals surface area contributed by atoms with Gasteiger partial charge in [-0.2, -0.15) is 0 Å². The normalized spacial score (nSPS) is 10.6. The Bertz CT molecular complexity index is 1280. The van der Waals surface area contributed by atoms with Crippen LogP contribution >= 0.6 is 0 Å². The van der Waals surface area contributed by atoms with Gasteiger partial charge in [0.1, 0.15) is 18.0 Å². The maximum Gasteiger partial charge on any atom is 0.307 e. The minimum atomic E-state index is -0.805. The van der Waals surface area contributed by atoms with E-state index in [0.717, 1.165) is 23.8 Å². The molecule has 0 saturated carbocycles. The molecule has 0 saturated heterocycles. The molecule has 0 heterocycles. The molecule has 38 heavy (non-hydrogen) atoms. The second kappa shape index (κ2) is 13.4. The molecule has 14 heteroatoms. The molecule has 0 fully saturated rings. The van der Waals surface area contributed by atoms with Crippen LogP contribution in [0.15, 0.2) is 52.7 Å². The Kier molecular flexibility index (Phi) is 10.4. The van der Waals surface area contributed by atoms with Crippen molar-refractivity contribution in [1.29, 1.82) is 0 Å². The number of ether oxygens (including phenoxy) is 2. The first-order chi connectivity index (χ1) is 18.0. The first-order valence-electron chi connectivity index (χ1n) is 11.4. The molecule has 0 spiro atoms. The van der Waals surface area contributed by atoms with Crippen LogP contribution in [0, 0.1) is 20.2 Å². The molecule has 1 amide bonds. The van der Waals surface area contributed by atoms with Crippen LogP contribution in [0.1, 0.15) is 27.2 Å². The number of methoxy groups -OCH3 is 1. The minimum absolute atomic E-state index is 0.0883. The zero-order valence-corrected chi connectivity index (χ0v) is 21.4. The van der Waals surface area contributed by atoms with E-state index < -0.39 is 33.1 Å². The van der Waals surface area contributed by atoms with Crippen molar-refractivity contribution in [3.05, 3.63) is 62.7 Å². The number of nitro benzene ring substituents is 2. The Labute approximate surface area is 218 Å². The lowest BCUT2D eigenvalue weighted by atomic mass is 10.2. The molecule has 0 radical (unpaired) electrons. The summed E-state index contributed by atoms with van der Waals surface area (Å²) in [7, 11) is 1.42. The van der Waals surface area contributed by atoms with Crippen molar-refractivity contribution >= 4 is 46.0 Å². The monoisotopic (exact) mass is 528 g/mol. The number of azo groups is 1. The van der Waals surface area contributed by atoms with E-state index in [4.69, 9.17) is 9.47 Å². The average Bonchev–Trinajstić information content (AvgIpc) is 2.86. The van der Waals surface area contributed by atoms with Crippen LogP contribution in [0.3, 0.4) is 0 Å². The molecule has 14 nitrogen and oxygen atoms in total. The molecular weight excluding hydrogens is 500 g/mol. The van der Waals surface area contributed by atoms with Gasteiger partial charge in [0.15, 0.2) is 5.69 Å². The van der Waals surface area contributed by atoms with Gasteiger partial charge in [-0.15, -0.1) is 10.2 Å². The smallest absolute Gasteiger partial charge is 0.307 e. The van der Waals surface area contributed by atoms with Crippen LogP contribution in [0.2, 0.25) is 0 Å². The summed E-state index contributed by atoms with van der Waals surface area (Å²) in [6, 6.07) is 6.02. The van der Waals surface area contributed by atoms with Crippen molar-refractivity contribution in [2.75, 3.05) is 37.0 Å². The Morgan fingerprint density at radius 1 is 1.08 bits per heavy atom. The van der Waals surface area contributed by atoms with Crippen molar-refractivity contribution in [2.45, 2.75) is 27.2 Å². The van der Waals surface area contributed by atoms with E-state index in [1.54, 1.807) is 13.0 Å². The van der Waals surface area contributed by atoms with Gasteiger partial charge in [-0.05, 0) is 31.6 Å². The van der Waals surface area contributed by atoms with Crippen LogP contribution in [-0.2, 0) is 14.3 Å². The van der Waals surface area contributed by atoms with Crippen molar-refractivity contribution in [1.82, 2.24) is 0 Å². The number of anilines is 2. The maximum absolute atomic E-state index is 12.1. The number of esters is 1. The number of nitrogens with one attached hydrogen (secondary N) is 1. The van der Waals surface area contributed by atoms with E-state index in [-0.39, 0.29) is 36.6 Å². The lowest BCUT2D eigenvalue weighted by molar-refractivity contribution is -0.393. The number of non-ortho nitro benzene ring substituents is 1. The van der Waals surface area contributed by atoms with Gasteiger partial charge in [-0.3, -0.25) is 29.8 Å². The highest BCUT2D eigenvalue weighted by Crippen LogP contribution is 2.40. The number of hydrogen-bond acceptors (Lipinski definition) is 11. The number of amides is 1. The molecule has 202 valence electrons. The van der Waals surface area contributed by atoms with Crippen LogP contribution < -0.4 is 15.0 Å². The summed E-state index contributed by atoms with van der Waals surface area (Å²) in [6.07, 6.45) is 0.0883. The van der Waals surface area contributed by atoms with Crippen LogP contribution in [0.5, 0.6) is 5.75 Å². The zero-order chi connectivity index (χ0) is 28.4. The number of benzene rings is 2. The molecular formula is C24H28N6O8. The topological polar surface area (TPSA) is 179 Å². The van der Waals surface area contributed by atoms with Crippen LogP contribution in [-0.4, -0.2) is 48.5 Å². The van der Waals surface area contributed by atoms with Crippen molar-refractivity contribution in [2.24, 2.45) is 10.2 Å². The summed E-state index contributed by atoms with van der Waals surface area (Å²) < 4.78 is 10.6. The molecule has 2 aromatic carbocycles. The van der Waals surface area contributed by atoms with Crippen molar-refractivity contribution in [3.63, 3.8) is 0 Å². The van der Waals surface area contributed by atoms with E-state index in [9.17, 15) is 29.8 Å². The quantitative estimate of drug-likeness (QED) is 0.120. The third kappa shape index (κ3) is 8.08. The van der Waals surface area contributed by atoms with Crippen molar-refractivity contribution in [3.8, 4) is 5.75 Å². The molecule has 0 aliphatic heterocycles. The Balaban J connectivity index is 2.46. The van der Waals surface area contributed by atoms with Crippen LogP contribution in [0.4, 0.5) is 34.1 Å². The van der Waals surface area contributed by atoms with Gasteiger partial charge in [-0.25, -0.2) is 0 Å². The molecule has 0 aliphatic rings. The average molecular weight is 529 g/mol. The summed E-state index contributed by atoms with van der Waals surface area (Å²) in [6.45, 7) is 9.52. The predicted molar refractivity (Wildman–Crippen MR) is 140 cm³/mol. The first kappa shape index (κ1) is 29.4. The highest BCUT2D eigenvalue weighted by Gasteiger charge is 2.21. The third-order valence-electron chi connectivity index (χ3n) is 5.03. The van der Waals surface area contributed by atoms with E-state index in [2.05, 4.69) is 22.1 Å². The SMILES string of the molecule is C=C(C)COC(=O)CCN(CC)c1cc(NC(C)=O)c(N=Nc2ccc([N+](=O)[O-])cc2[N+](=O)[O-])cc1OC. The largest absolute Gasteiger partial charge is 0.494 e. The van der Waals surface area contributed by atoms with Crippen LogP contribution in [0.25, 0.3) is 0 Å². The number of hydrogen-bond donors (Lipinski definition) is 1. The van der Waals surface area contributed by atoms with Gasteiger partial charge < -0.3 is 19.7 Å². The lowest BCUT2D eigenvalue weighted by Gasteiger charge is -2.26. The molecule has 0 aliphatic carbocycles. The number of nitrogens with zero attached hydrogens (tertiary/aromatic N) is 5. The minimum Gasteiger partial charge on any atom is -0.494 e. The predicted octanol–water partition coefficient (Wildman–Crippen LogP) is 5.22. The molecule has 0 bridgehead atoms. The van der Waals surface area contributed by atoms with Gasteiger partial charge in [0.2, 0.25) is 5.91 Å². The molecule has 0 unspecified atom stereocenters. The Hall–Kier alpha value is -4.88. The second-order valence-electron chi connectivity index (χ2n) is 8.06. The molecule has 0 aromatic heterocycles.